The van der Waals surface area contributed by atoms with E-state index in [0.29, 0.717) is 0 Å². The van der Waals surface area contributed by atoms with Gasteiger partial charge in [0.25, 0.3) is 0 Å². The molecule has 3 atom stereocenters. The number of aliphatic carboxylic acids is 1. The number of carbonyl (C=O) groups is 1. The van der Waals surface area contributed by atoms with Crippen LogP contribution < -0.4 is 5.32 Å². The molecule has 0 aliphatic heterocycles. The van der Waals surface area contributed by atoms with Crippen LogP contribution in [-0.4, -0.2) is 22.8 Å². The highest BCUT2D eigenvalue weighted by atomic mass is 19.4. The minimum Gasteiger partial charge on any atom is -0.480 e. The second-order valence-corrected chi connectivity index (χ2v) is 4.91. The van der Waals surface area contributed by atoms with E-state index >= 15 is 0 Å². The topological polar surface area (TPSA) is 49.3 Å². The van der Waals surface area contributed by atoms with Gasteiger partial charge in [0.1, 0.15) is 11.6 Å². The van der Waals surface area contributed by atoms with Crippen molar-refractivity contribution in [3.05, 3.63) is 35.9 Å². The Labute approximate surface area is 108 Å². The molecule has 1 aliphatic rings. The zero-order valence-electron chi connectivity index (χ0n) is 10.2. The second kappa shape index (κ2) is 4.52. The fourth-order valence-electron chi connectivity index (χ4n) is 2.24. The Balaban J connectivity index is 2.29. The first-order chi connectivity index (χ1) is 8.77. The van der Waals surface area contributed by atoms with Crippen molar-refractivity contribution in [2.24, 2.45) is 5.92 Å². The van der Waals surface area contributed by atoms with Gasteiger partial charge in [-0.25, -0.2) is 0 Å². The molecule has 0 bridgehead atoms. The van der Waals surface area contributed by atoms with Crippen molar-refractivity contribution < 1.29 is 23.1 Å². The van der Waals surface area contributed by atoms with Crippen molar-refractivity contribution >= 4 is 5.97 Å². The molecular weight excluding hydrogens is 259 g/mol. The van der Waals surface area contributed by atoms with E-state index in [1.165, 1.54) is 24.3 Å². The van der Waals surface area contributed by atoms with E-state index in [2.05, 4.69) is 5.32 Å². The Morgan fingerprint density at radius 2 is 1.95 bits per heavy atom. The highest BCUT2D eigenvalue weighted by Crippen LogP contribution is 2.47. The molecule has 0 radical (unpaired) electrons. The van der Waals surface area contributed by atoms with Crippen molar-refractivity contribution in [1.82, 2.24) is 5.32 Å². The van der Waals surface area contributed by atoms with Gasteiger partial charge in [-0.2, -0.15) is 13.2 Å². The summed E-state index contributed by atoms with van der Waals surface area (Å²) in [5.74, 6) is -1.54. The summed E-state index contributed by atoms with van der Waals surface area (Å²) in [5, 5.41) is 11.4. The molecule has 1 aliphatic carbocycles. The number of halogens is 3. The third-order valence-electron chi connectivity index (χ3n) is 3.55. The van der Waals surface area contributed by atoms with E-state index < -0.39 is 23.7 Å². The third-order valence-corrected chi connectivity index (χ3v) is 3.55. The molecule has 1 fully saturated rings. The first kappa shape index (κ1) is 13.9. The van der Waals surface area contributed by atoms with Crippen LogP contribution >= 0.6 is 0 Å². The van der Waals surface area contributed by atoms with Crippen LogP contribution in [0.1, 0.15) is 24.9 Å². The highest BCUT2D eigenvalue weighted by Gasteiger charge is 2.61. The van der Waals surface area contributed by atoms with Gasteiger partial charge in [0.05, 0.1) is 0 Å². The van der Waals surface area contributed by atoms with Crippen molar-refractivity contribution in [1.29, 1.82) is 0 Å². The molecule has 0 spiro atoms. The maximum Gasteiger partial charge on any atom is 0.407 e. The third kappa shape index (κ3) is 2.58. The van der Waals surface area contributed by atoms with Crippen LogP contribution in [0, 0.1) is 5.92 Å². The van der Waals surface area contributed by atoms with Crippen LogP contribution in [0.3, 0.4) is 0 Å². The number of alkyl halides is 3. The molecule has 0 saturated heterocycles. The first-order valence-electron chi connectivity index (χ1n) is 5.90. The van der Waals surface area contributed by atoms with E-state index in [1.54, 1.807) is 13.0 Å². The minimum atomic E-state index is -4.54. The fraction of sp³-hybridized carbons (Fsp3) is 0.462. The Kier molecular flexibility index (Phi) is 3.30. The molecule has 1 aromatic rings. The average Bonchev–Trinajstić information content (AvgIpc) is 2.98. The summed E-state index contributed by atoms with van der Waals surface area (Å²) >= 11 is 0. The first-order valence-corrected chi connectivity index (χ1v) is 5.90. The molecule has 6 heteroatoms. The maximum absolute atomic E-state index is 13.1. The Hall–Kier alpha value is -1.56. The van der Waals surface area contributed by atoms with Crippen LogP contribution in [0.4, 0.5) is 13.2 Å². The monoisotopic (exact) mass is 273 g/mol. The standard InChI is InChI=1S/C13H14F3NO2/c1-8-7-12(8,11(18)19)17-10(13(14,15)16)9-5-3-2-4-6-9/h2-6,8,10,17H,7H2,1H3,(H,18,19)/t8-,10+,12?/m1/s1. The number of benzene rings is 1. The molecule has 0 heterocycles. The molecule has 0 aromatic heterocycles. The number of carboxylic acid groups (broad SMARTS) is 1. The lowest BCUT2D eigenvalue weighted by Gasteiger charge is -2.26. The smallest absolute Gasteiger partial charge is 0.407 e. The summed E-state index contributed by atoms with van der Waals surface area (Å²) in [6.45, 7) is 1.62. The Morgan fingerprint density at radius 3 is 2.32 bits per heavy atom. The normalized spacial score (nSPS) is 27.9. The summed E-state index contributed by atoms with van der Waals surface area (Å²) in [7, 11) is 0. The van der Waals surface area contributed by atoms with Crippen molar-refractivity contribution in [2.75, 3.05) is 0 Å². The van der Waals surface area contributed by atoms with Gasteiger partial charge >= 0.3 is 12.1 Å². The molecule has 0 amide bonds. The van der Waals surface area contributed by atoms with E-state index in [4.69, 9.17) is 5.11 Å². The van der Waals surface area contributed by atoms with Crippen molar-refractivity contribution in [2.45, 2.75) is 31.1 Å². The zero-order chi connectivity index (χ0) is 14.3. The molecule has 1 aromatic carbocycles. The number of hydrogen-bond donors (Lipinski definition) is 2. The molecule has 2 N–H and O–H groups in total. The summed E-state index contributed by atoms with van der Waals surface area (Å²) in [4.78, 5) is 11.2. The predicted octanol–water partition coefficient (Wildman–Crippen LogP) is 2.74. The lowest BCUT2D eigenvalue weighted by atomic mass is 10.0. The number of carboxylic acids is 1. The van der Waals surface area contributed by atoms with Crippen LogP contribution in [-0.2, 0) is 4.79 Å². The number of hydrogen-bond acceptors (Lipinski definition) is 2. The largest absolute Gasteiger partial charge is 0.480 e. The molecular formula is C13H14F3NO2. The average molecular weight is 273 g/mol. The van der Waals surface area contributed by atoms with Gasteiger partial charge in [-0.15, -0.1) is 0 Å². The summed E-state index contributed by atoms with van der Waals surface area (Å²) in [5.41, 5.74) is -1.44. The number of rotatable bonds is 4. The second-order valence-electron chi connectivity index (χ2n) is 4.91. The van der Waals surface area contributed by atoms with Crippen LogP contribution in [0.15, 0.2) is 30.3 Å². The van der Waals surface area contributed by atoms with Gasteiger partial charge in [-0.1, -0.05) is 37.3 Å². The van der Waals surface area contributed by atoms with E-state index in [9.17, 15) is 18.0 Å². The van der Waals surface area contributed by atoms with Crippen molar-refractivity contribution in [3.63, 3.8) is 0 Å². The van der Waals surface area contributed by atoms with E-state index in [0.717, 1.165) is 0 Å². The highest BCUT2D eigenvalue weighted by molar-refractivity contribution is 5.83. The van der Waals surface area contributed by atoms with Gasteiger partial charge in [-0.3, -0.25) is 10.1 Å². The quantitative estimate of drug-likeness (QED) is 0.886. The summed E-state index contributed by atoms with van der Waals surface area (Å²) in [6, 6.07) is 5.33. The lowest BCUT2D eigenvalue weighted by molar-refractivity contribution is -0.165. The Bertz CT molecular complexity index is 475. The molecule has 2 rings (SSSR count). The van der Waals surface area contributed by atoms with Crippen LogP contribution in [0.2, 0.25) is 0 Å². The summed E-state index contributed by atoms with van der Waals surface area (Å²) in [6.07, 6.45) is -4.33. The lowest BCUT2D eigenvalue weighted by Crippen LogP contribution is -2.47. The van der Waals surface area contributed by atoms with Gasteiger partial charge in [0.2, 0.25) is 0 Å². The maximum atomic E-state index is 13.1. The van der Waals surface area contributed by atoms with Gasteiger partial charge in [-0.05, 0) is 17.9 Å². The van der Waals surface area contributed by atoms with E-state index in [-0.39, 0.29) is 17.9 Å². The SMILES string of the molecule is C[C@@H]1CC1(N[C@@H](c1ccccc1)C(F)(F)F)C(=O)O. The minimum absolute atomic E-state index is 0.0229. The van der Waals surface area contributed by atoms with Crippen molar-refractivity contribution in [3.8, 4) is 0 Å². The Morgan fingerprint density at radius 1 is 1.42 bits per heavy atom. The van der Waals surface area contributed by atoms with Gasteiger partial charge in [0.15, 0.2) is 0 Å². The van der Waals surface area contributed by atoms with Crippen LogP contribution in [0.5, 0.6) is 0 Å². The molecule has 104 valence electrons. The fourth-order valence-corrected chi connectivity index (χ4v) is 2.24. The molecule has 3 nitrogen and oxygen atoms in total. The summed E-state index contributed by atoms with van der Waals surface area (Å²) < 4.78 is 39.3. The molecule has 19 heavy (non-hydrogen) atoms. The number of nitrogens with one attached hydrogen (secondary N) is 1. The van der Waals surface area contributed by atoms with Crippen LogP contribution in [0.25, 0.3) is 0 Å². The zero-order valence-corrected chi connectivity index (χ0v) is 10.2. The molecule has 1 saturated carbocycles. The molecule has 1 unspecified atom stereocenters. The van der Waals surface area contributed by atoms with Gasteiger partial charge < -0.3 is 5.11 Å². The van der Waals surface area contributed by atoms with Gasteiger partial charge in [0, 0.05) is 0 Å². The predicted molar refractivity (Wildman–Crippen MR) is 62.5 cm³/mol. The van der Waals surface area contributed by atoms with E-state index in [1.807, 2.05) is 0 Å².